The summed E-state index contributed by atoms with van der Waals surface area (Å²) in [5.41, 5.74) is 1.54. The molecule has 0 saturated carbocycles. The molecule has 0 radical (unpaired) electrons. The van der Waals surface area contributed by atoms with E-state index < -0.39 is 12.0 Å². The molecule has 1 aromatic heterocycles. The maximum Gasteiger partial charge on any atom is 0.326 e. The van der Waals surface area contributed by atoms with Crippen molar-refractivity contribution in [1.29, 1.82) is 0 Å². The van der Waals surface area contributed by atoms with Crippen molar-refractivity contribution in [3.8, 4) is 0 Å². The van der Waals surface area contributed by atoms with E-state index in [1.54, 1.807) is 6.20 Å². The Morgan fingerprint density at radius 3 is 2.56 bits per heavy atom. The summed E-state index contributed by atoms with van der Waals surface area (Å²) in [7, 11) is 0. The molecular weight excluding hydrogens is 230 g/mol. The van der Waals surface area contributed by atoms with Gasteiger partial charge in [-0.3, -0.25) is 4.98 Å². The van der Waals surface area contributed by atoms with E-state index in [1.807, 2.05) is 38.1 Å². The van der Waals surface area contributed by atoms with Gasteiger partial charge < -0.3 is 10.4 Å². The molecule has 1 unspecified atom stereocenters. The van der Waals surface area contributed by atoms with Crippen molar-refractivity contribution in [2.24, 2.45) is 5.92 Å². The fourth-order valence-corrected chi connectivity index (χ4v) is 1.70. The minimum Gasteiger partial charge on any atom is -0.480 e. The Morgan fingerprint density at radius 1 is 1.28 bits per heavy atom. The number of nitrogens with zero attached hydrogens (tertiary/aromatic N) is 2. The van der Waals surface area contributed by atoms with Gasteiger partial charge in [-0.25, -0.2) is 9.78 Å². The molecule has 0 amide bonds. The van der Waals surface area contributed by atoms with Crippen LogP contribution in [0.1, 0.15) is 13.8 Å². The monoisotopic (exact) mass is 245 g/mol. The first-order valence-electron chi connectivity index (χ1n) is 5.79. The minimum atomic E-state index is -0.889. The molecule has 0 aliphatic heterocycles. The summed E-state index contributed by atoms with van der Waals surface area (Å²) in [5, 5.41) is 12.0. The van der Waals surface area contributed by atoms with Gasteiger partial charge in [0.2, 0.25) is 0 Å². The van der Waals surface area contributed by atoms with Gasteiger partial charge in [-0.15, -0.1) is 0 Å². The van der Waals surface area contributed by atoms with Crippen molar-refractivity contribution in [2.45, 2.75) is 19.9 Å². The number of aliphatic carboxylic acids is 1. The van der Waals surface area contributed by atoms with Crippen molar-refractivity contribution < 1.29 is 9.90 Å². The van der Waals surface area contributed by atoms with Crippen molar-refractivity contribution in [3.05, 3.63) is 30.5 Å². The zero-order valence-corrected chi connectivity index (χ0v) is 10.3. The first-order chi connectivity index (χ1) is 8.58. The number of para-hydroxylation sites is 2. The van der Waals surface area contributed by atoms with Gasteiger partial charge in [-0.05, 0) is 18.1 Å². The number of anilines is 1. The van der Waals surface area contributed by atoms with Crippen LogP contribution in [0.15, 0.2) is 30.5 Å². The van der Waals surface area contributed by atoms with Crippen LogP contribution in [0.2, 0.25) is 0 Å². The molecule has 1 atom stereocenters. The van der Waals surface area contributed by atoms with Gasteiger partial charge in [0, 0.05) is 0 Å². The molecule has 5 heteroatoms. The third-order valence-corrected chi connectivity index (χ3v) is 2.68. The quantitative estimate of drug-likeness (QED) is 0.863. The third kappa shape index (κ3) is 2.56. The lowest BCUT2D eigenvalue weighted by molar-refractivity contribution is -0.138. The lowest BCUT2D eigenvalue weighted by Gasteiger charge is -2.18. The SMILES string of the molecule is CC(C)C(Nc1cnc2ccccc2n1)C(=O)O. The summed E-state index contributed by atoms with van der Waals surface area (Å²) in [5.74, 6) is -0.439. The average molecular weight is 245 g/mol. The van der Waals surface area contributed by atoms with Gasteiger partial charge in [0.25, 0.3) is 0 Å². The van der Waals surface area contributed by atoms with Gasteiger partial charge in [0.15, 0.2) is 0 Å². The number of hydrogen-bond acceptors (Lipinski definition) is 4. The van der Waals surface area contributed by atoms with Crippen molar-refractivity contribution >= 4 is 22.8 Å². The summed E-state index contributed by atoms with van der Waals surface area (Å²) in [6.07, 6.45) is 1.56. The second-order valence-corrected chi connectivity index (χ2v) is 4.45. The second kappa shape index (κ2) is 5.00. The highest BCUT2D eigenvalue weighted by atomic mass is 16.4. The van der Waals surface area contributed by atoms with E-state index in [0.717, 1.165) is 11.0 Å². The number of carboxylic acids is 1. The molecule has 0 spiro atoms. The van der Waals surface area contributed by atoms with E-state index in [0.29, 0.717) is 5.82 Å². The molecule has 94 valence electrons. The Bertz CT molecular complexity index is 569. The molecular formula is C13H15N3O2. The lowest BCUT2D eigenvalue weighted by atomic mass is 10.1. The Labute approximate surface area is 105 Å². The minimum absolute atomic E-state index is 0.0317. The summed E-state index contributed by atoms with van der Waals surface area (Å²) >= 11 is 0. The molecule has 0 bridgehead atoms. The van der Waals surface area contributed by atoms with E-state index in [-0.39, 0.29) is 5.92 Å². The number of nitrogens with one attached hydrogen (secondary N) is 1. The molecule has 2 N–H and O–H groups in total. The highest BCUT2D eigenvalue weighted by Gasteiger charge is 2.21. The zero-order valence-electron chi connectivity index (χ0n) is 10.3. The van der Waals surface area contributed by atoms with Crippen LogP contribution >= 0.6 is 0 Å². The average Bonchev–Trinajstić information content (AvgIpc) is 2.35. The predicted molar refractivity (Wildman–Crippen MR) is 69.4 cm³/mol. The van der Waals surface area contributed by atoms with Gasteiger partial charge in [-0.2, -0.15) is 0 Å². The number of carboxylic acid groups (broad SMARTS) is 1. The van der Waals surface area contributed by atoms with Crippen molar-refractivity contribution in [1.82, 2.24) is 9.97 Å². The van der Waals surface area contributed by atoms with Crippen molar-refractivity contribution in [2.75, 3.05) is 5.32 Å². The van der Waals surface area contributed by atoms with Crippen LogP contribution in [-0.2, 0) is 4.79 Å². The molecule has 0 fully saturated rings. The second-order valence-electron chi connectivity index (χ2n) is 4.45. The van der Waals surface area contributed by atoms with Crippen molar-refractivity contribution in [3.63, 3.8) is 0 Å². The molecule has 0 aliphatic carbocycles. The zero-order chi connectivity index (χ0) is 13.1. The topological polar surface area (TPSA) is 75.1 Å². The van der Waals surface area contributed by atoms with Crippen LogP contribution in [0, 0.1) is 5.92 Å². The number of carbonyl (C=O) groups is 1. The van der Waals surface area contributed by atoms with Crippen LogP contribution in [0.3, 0.4) is 0 Å². The molecule has 0 aliphatic rings. The molecule has 0 saturated heterocycles. The Hall–Kier alpha value is -2.17. The molecule has 1 heterocycles. The van der Waals surface area contributed by atoms with Gasteiger partial charge in [0.1, 0.15) is 11.9 Å². The smallest absolute Gasteiger partial charge is 0.326 e. The number of rotatable bonds is 4. The first-order valence-corrected chi connectivity index (χ1v) is 5.79. The van der Waals surface area contributed by atoms with Gasteiger partial charge >= 0.3 is 5.97 Å². The van der Waals surface area contributed by atoms with Gasteiger partial charge in [-0.1, -0.05) is 26.0 Å². The van der Waals surface area contributed by atoms with E-state index in [1.165, 1.54) is 0 Å². The van der Waals surface area contributed by atoms with Crippen LogP contribution < -0.4 is 5.32 Å². The maximum absolute atomic E-state index is 11.1. The highest BCUT2D eigenvalue weighted by molar-refractivity contribution is 5.79. The van der Waals surface area contributed by atoms with Gasteiger partial charge in [0.05, 0.1) is 17.2 Å². The van der Waals surface area contributed by atoms with E-state index >= 15 is 0 Å². The first kappa shape index (κ1) is 12.3. The fourth-order valence-electron chi connectivity index (χ4n) is 1.70. The lowest BCUT2D eigenvalue weighted by Crippen LogP contribution is -2.34. The van der Waals surface area contributed by atoms with E-state index in [2.05, 4.69) is 15.3 Å². The Balaban J connectivity index is 2.28. The number of hydrogen-bond donors (Lipinski definition) is 2. The fraction of sp³-hybridized carbons (Fsp3) is 0.308. The molecule has 1 aromatic carbocycles. The standard InChI is InChI=1S/C13H15N3O2/c1-8(2)12(13(17)18)16-11-7-14-9-5-3-4-6-10(9)15-11/h3-8,12H,1-2H3,(H,15,16)(H,17,18). The molecule has 18 heavy (non-hydrogen) atoms. The van der Waals surface area contributed by atoms with E-state index in [9.17, 15) is 4.79 Å². The molecule has 5 nitrogen and oxygen atoms in total. The number of aromatic nitrogens is 2. The van der Waals surface area contributed by atoms with Crippen LogP contribution in [0.4, 0.5) is 5.82 Å². The summed E-state index contributed by atoms with van der Waals surface area (Å²) in [4.78, 5) is 19.7. The predicted octanol–water partition coefficient (Wildman–Crippen LogP) is 2.15. The Kier molecular flexibility index (Phi) is 3.41. The Morgan fingerprint density at radius 2 is 1.94 bits per heavy atom. The molecule has 2 aromatic rings. The van der Waals surface area contributed by atoms with E-state index in [4.69, 9.17) is 5.11 Å². The largest absolute Gasteiger partial charge is 0.480 e. The third-order valence-electron chi connectivity index (χ3n) is 2.68. The number of benzene rings is 1. The summed E-state index contributed by atoms with van der Waals surface area (Å²) < 4.78 is 0. The maximum atomic E-state index is 11.1. The summed E-state index contributed by atoms with van der Waals surface area (Å²) in [6, 6.07) is 6.80. The van der Waals surface area contributed by atoms with Crippen LogP contribution in [-0.4, -0.2) is 27.1 Å². The highest BCUT2D eigenvalue weighted by Crippen LogP contribution is 2.14. The summed E-state index contributed by atoms with van der Waals surface area (Å²) in [6.45, 7) is 3.69. The normalized spacial score (nSPS) is 12.6. The van der Waals surface area contributed by atoms with Crippen LogP contribution in [0.5, 0.6) is 0 Å². The van der Waals surface area contributed by atoms with Crippen LogP contribution in [0.25, 0.3) is 11.0 Å². The number of fused-ring (bicyclic) bond motifs is 1. The molecule has 2 rings (SSSR count).